The first-order valence-electron chi connectivity index (χ1n) is 11.0. The van der Waals surface area contributed by atoms with E-state index in [9.17, 15) is 4.79 Å². The zero-order chi connectivity index (χ0) is 18.3. The first-order chi connectivity index (χ1) is 13.3. The summed E-state index contributed by atoms with van der Waals surface area (Å²) in [5.74, 6) is 1.28. The lowest BCUT2D eigenvalue weighted by Gasteiger charge is -2.34. The van der Waals surface area contributed by atoms with Gasteiger partial charge >= 0.3 is 0 Å². The number of hydrogen-bond acceptors (Lipinski definition) is 3. The van der Waals surface area contributed by atoms with Crippen molar-refractivity contribution in [1.82, 2.24) is 10.2 Å². The molecule has 3 atom stereocenters. The van der Waals surface area contributed by atoms with Crippen molar-refractivity contribution in [3.05, 3.63) is 35.4 Å². The minimum absolute atomic E-state index is 0.168. The molecule has 2 aliphatic carbocycles. The molecule has 5 rings (SSSR count). The summed E-state index contributed by atoms with van der Waals surface area (Å²) in [6.45, 7) is 4.80. The van der Waals surface area contributed by atoms with Gasteiger partial charge in [0.05, 0.1) is 6.10 Å². The van der Waals surface area contributed by atoms with E-state index in [-0.39, 0.29) is 11.3 Å². The van der Waals surface area contributed by atoms with Crippen LogP contribution in [0.25, 0.3) is 0 Å². The van der Waals surface area contributed by atoms with Gasteiger partial charge in [0, 0.05) is 37.6 Å². The molecular weight excluding hydrogens is 336 g/mol. The van der Waals surface area contributed by atoms with Gasteiger partial charge in [0.1, 0.15) is 0 Å². The SMILES string of the molecule is O=C(C1CC12CCCc1ccccc12)N1CCC(COC2CCNC2)CC1. The van der Waals surface area contributed by atoms with E-state index in [1.165, 1.54) is 30.4 Å². The number of ether oxygens (including phenoxy) is 1. The van der Waals surface area contributed by atoms with Gasteiger partial charge in [0.25, 0.3) is 0 Å². The number of amides is 1. The molecule has 3 unspecified atom stereocenters. The van der Waals surface area contributed by atoms with Gasteiger partial charge in [0.15, 0.2) is 0 Å². The number of piperidine rings is 1. The van der Waals surface area contributed by atoms with Crippen LogP contribution in [0, 0.1) is 11.8 Å². The van der Waals surface area contributed by atoms with E-state index in [2.05, 4.69) is 34.5 Å². The zero-order valence-electron chi connectivity index (χ0n) is 16.3. The normalized spacial score (nSPS) is 33.3. The Bertz CT molecular complexity index is 691. The number of hydrogen-bond donors (Lipinski definition) is 1. The number of nitrogens with zero attached hydrogens (tertiary/aromatic N) is 1. The number of carbonyl (C=O) groups is 1. The van der Waals surface area contributed by atoms with Gasteiger partial charge in [-0.2, -0.15) is 0 Å². The first kappa shape index (κ1) is 17.7. The lowest BCUT2D eigenvalue weighted by molar-refractivity contribution is -0.135. The molecule has 2 aliphatic heterocycles. The largest absolute Gasteiger partial charge is 0.377 e. The minimum Gasteiger partial charge on any atom is -0.377 e. The quantitative estimate of drug-likeness (QED) is 0.889. The van der Waals surface area contributed by atoms with E-state index in [1.807, 2.05) is 0 Å². The highest BCUT2D eigenvalue weighted by Crippen LogP contribution is 2.60. The lowest BCUT2D eigenvalue weighted by Crippen LogP contribution is -2.41. The molecule has 1 saturated carbocycles. The number of carbonyl (C=O) groups excluding carboxylic acids is 1. The monoisotopic (exact) mass is 368 g/mol. The fraction of sp³-hybridized carbons (Fsp3) is 0.696. The second-order valence-corrected chi connectivity index (χ2v) is 9.14. The Morgan fingerprint density at radius 2 is 2.07 bits per heavy atom. The van der Waals surface area contributed by atoms with Crippen molar-refractivity contribution in [2.45, 2.75) is 56.5 Å². The molecule has 0 radical (unpaired) electrons. The van der Waals surface area contributed by atoms with E-state index in [4.69, 9.17) is 4.74 Å². The van der Waals surface area contributed by atoms with Crippen molar-refractivity contribution in [2.75, 3.05) is 32.8 Å². The second kappa shape index (κ2) is 7.21. The number of benzene rings is 1. The van der Waals surface area contributed by atoms with Crippen LogP contribution >= 0.6 is 0 Å². The third-order valence-corrected chi connectivity index (χ3v) is 7.51. The van der Waals surface area contributed by atoms with Gasteiger partial charge < -0.3 is 15.0 Å². The molecule has 1 aromatic carbocycles. The van der Waals surface area contributed by atoms with Crippen LogP contribution in [0.2, 0.25) is 0 Å². The van der Waals surface area contributed by atoms with Crippen LogP contribution in [0.1, 0.15) is 49.7 Å². The van der Waals surface area contributed by atoms with E-state index in [0.717, 1.165) is 58.5 Å². The molecule has 4 aliphatic rings. The number of nitrogens with one attached hydrogen (secondary N) is 1. The van der Waals surface area contributed by atoms with Crippen molar-refractivity contribution in [2.24, 2.45) is 11.8 Å². The standard InChI is InChI=1S/C23H32N2O2/c26-22(21-14-23(21)10-3-5-18-4-1-2-6-20(18)23)25-12-8-17(9-13-25)16-27-19-7-11-24-15-19/h1-2,4,6,17,19,21,24H,3,5,7-16H2. The maximum atomic E-state index is 13.2. The van der Waals surface area contributed by atoms with Crippen molar-refractivity contribution in [3.63, 3.8) is 0 Å². The molecule has 2 heterocycles. The van der Waals surface area contributed by atoms with Gasteiger partial charge in [-0.15, -0.1) is 0 Å². The first-order valence-corrected chi connectivity index (χ1v) is 11.0. The zero-order valence-corrected chi connectivity index (χ0v) is 16.3. The summed E-state index contributed by atoms with van der Waals surface area (Å²) < 4.78 is 6.06. The summed E-state index contributed by atoms with van der Waals surface area (Å²) in [5, 5.41) is 3.36. The summed E-state index contributed by atoms with van der Waals surface area (Å²) >= 11 is 0. The third kappa shape index (κ3) is 3.31. The molecule has 3 fully saturated rings. The molecule has 2 saturated heterocycles. The predicted octanol–water partition coefficient (Wildman–Crippen LogP) is 2.90. The number of aryl methyl sites for hydroxylation is 1. The molecule has 1 N–H and O–H groups in total. The summed E-state index contributed by atoms with van der Waals surface area (Å²) in [6.07, 6.45) is 8.42. The Hall–Kier alpha value is -1.39. The Kier molecular flexibility index (Phi) is 4.73. The van der Waals surface area contributed by atoms with Crippen LogP contribution in [-0.2, 0) is 21.4 Å². The van der Waals surface area contributed by atoms with Crippen molar-refractivity contribution in [1.29, 1.82) is 0 Å². The average Bonchev–Trinajstić information content (AvgIpc) is 3.18. The maximum Gasteiger partial charge on any atom is 0.226 e. The van der Waals surface area contributed by atoms with Crippen molar-refractivity contribution >= 4 is 5.91 Å². The molecule has 0 aromatic heterocycles. The Labute approximate surface area is 162 Å². The molecule has 1 spiro atoms. The van der Waals surface area contributed by atoms with Crippen LogP contribution in [0.5, 0.6) is 0 Å². The Morgan fingerprint density at radius 1 is 1.22 bits per heavy atom. The summed E-state index contributed by atoms with van der Waals surface area (Å²) in [6, 6.07) is 8.84. The summed E-state index contributed by atoms with van der Waals surface area (Å²) in [4.78, 5) is 15.4. The Balaban J connectivity index is 1.16. The molecule has 1 aromatic rings. The van der Waals surface area contributed by atoms with E-state index in [1.54, 1.807) is 0 Å². The molecule has 27 heavy (non-hydrogen) atoms. The number of rotatable bonds is 4. The minimum atomic E-state index is 0.168. The highest BCUT2D eigenvalue weighted by molar-refractivity contribution is 5.85. The molecular formula is C23H32N2O2. The summed E-state index contributed by atoms with van der Waals surface area (Å²) in [7, 11) is 0. The topological polar surface area (TPSA) is 41.6 Å². The number of likely N-dealkylation sites (tertiary alicyclic amines) is 1. The lowest BCUT2D eigenvalue weighted by atomic mass is 9.78. The molecule has 1 amide bonds. The van der Waals surface area contributed by atoms with Crippen LogP contribution in [-0.4, -0.2) is 49.7 Å². The molecule has 4 nitrogen and oxygen atoms in total. The van der Waals surface area contributed by atoms with Gasteiger partial charge in [-0.25, -0.2) is 0 Å². The van der Waals surface area contributed by atoms with Gasteiger partial charge in [-0.1, -0.05) is 24.3 Å². The highest BCUT2D eigenvalue weighted by Gasteiger charge is 2.60. The average molecular weight is 369 g/mol. The van der Waals surface area contributed by atoms with Gasteiger partial charge in [-0.05, 0) is 68.5 Å². The Morgan fingerprint density at radius 3 is 2.89 bits per heavy atom. The van der Waals surface area contributed by atoms with Gasteiger partial charge in [0.2, 0.25) is 5.91 Å². The molecule has 4 heteroatoms. The van der Waals surface area contributed by atoms with E-state index in [0.29, 0.717) is 17.9 Å². The van der Waals surface area contributed by atoms with Crippen molar-refractivity contribution in [3.8, 4) is 0 Å². The smallest absolute Gasteiger partial charge is 0.226 e. The summed E-state index contributed by atoms with van der Waals surface area (Å²) in [5.41, 5.74) is 3.13. The van der Waals surface area contributed by atoms with E-state index >= 15 is 0 Å². The molecule has 146 valence electrons. The number of fused-ring (bicyclic) bond motifs is 2. The van der Waals surface area contributed by atoms with Gasteiger partial charge in [-0.3, -0.25) is 4.79 Å². The second-order valence-electron chi connectivity index (χ2n) is 9.14. The van der Waals surface area contributed by atoms with Crippen LogP contribution in [0.15, 0.2) is 24.3 Å². The fourth-order valence-electron chi connectivity index (χ4n) is 5.74. The van der Waals surface area contributed by atoms with Crippen LogP contribution in [0.3, 0.4) is 0 Å². The fourth-order valence-corrected chi connectivity index (χ4v) is 5.74. The molecule has 0 bridgehead atoms. The third-order valence-electron chi connectivity index (χ3n) is 7.51. The maximum absolute atomic E-state index is 13.2. The van der Waals surface area contributed by atoms with E-state index < -0.39 is 0 Å². The van der Waals surface area contributed by atoms with Crippen molar-refractivity contribution < 1.29 is 9.53 Å². The highest BCUT2D eigenvalue weighted by atomic mass is 16.5. The predicted molar refractivity (Wildman–Crippen MR) is 106 cm³/mol. The van der Waals surface area contributed by atoms with Crippen LogP contribution in [0.4, 0.5) is 0 Å². The van der Waals surface area contributed by atoms with Crippen LogP contribution < -0.4 is 5.32 Å².